The zero-order valence-corrected chi connectivity index (χ0v) is 8.86. The van der Waals surface area contributed by atoms with E-state index in [0.29, 0.717) is 0 Å². The van der Waals surface area contributed by atoms with Gasteiger partial charge in [-0.05, 0) is 10.5 Å². The van der Waals surface area contributed by atoms with E-state index in [1.165, 1.54) is 0 Å². The van der Waals surface area contributed by atoms with Crippen molar-refractivity contribution in [3.63, 3.8) is 0 Å². The van der Waals surface area contributed by atoms with Gasteiger partial charge in [-0.3, -0.25) is 4.98 Å². The molecular formula is C8H9BrN2S. The van der Waals surface area contributed by atoms with Gasteiger partial charge in [0.1, 0.15) is 0 Å². The van der Waals surface area contributed by atoms with E-state index in [-0.39, 0.29) is 0 Å². The summed E-state index contributed by atoms with van der Waals surface area (Å²) in [4.78, 5) is 4.95. The van der Waals surface area contributed by atoms with E-state index in [2.05, 4.69) is 27.5 Å². The number of nitrogens with zero attached hydrogens (tertiary/aromatic N) is 1. The van der Waals surface area contributed by atoms with E-state index in [1.807, 2.05) is 6.07 Å². The van der Waals surface area contributed by atoms with Gasteiger partial charge in [0.25, 0.3) is 0 Å². The highest BCUT2D eigenvalue weighted by molar-refractivity contribution is 9.11. The first-order chi connectivity index (χ1) is 5.70. The van der Waals surface area contributed by atoms with Gasteiger partial charge in [-0.25, -0.2) is 0 Å². The molecule has 2 N–H and O–H groups in total. The van der Waals surface area contributed by atoms with Crippen LogP contribution >= 0.6 is 27.7 Å². The fraction of sp³-hybridized carbons (Fsp3) is 0.125. The molecule has 4 heteroatoms. The van der Waals surface area contributed by atoms with E-state index >= 15 is 0 Å². The molecule has 1 rings (SSSR count). The molecule has 0 bridgehead atoms. The molecule has 0 aliphatic heterocycles. The minimum absolute atomic E-state index is 0.719. The largest absolute Gasteiger partial charge is 0.397 e. The van der Waals surface area contributed by atoms with E-state index in [0.717, 1.165) is 20.8 Å². The van der Waals surface area contributed by atoms with Crippen LogP contribution in [0.25, 0.3) is 0 Å². The van der Waals surface area contributed by atoms with E-state index < -0.39 is 0 Å². The molecule has 1 heterocycles. The highest BCUT2D eigenvalue weighted by Crippen LogP contribution is 2.26. The molecule has 0 fully saturated rings. The van der Waals surface area contributed by atoms with Crippen LogP contribution < -0.4 is 5.73 Å². The zero-order valence-electron chi connectivity index (χ0n) is 6.46. The molecule has 0 saturated carbocycles. The van der Waals surface area contributed by atoms with Gasteiger partial charge >= 0.3 is 0 Å². The maximum atomic E-state index is 5.68. The first-order valence-corrected chi connectivity index (χ1v) is 5.13. The van der Waals surface area contributed by atoms with Gasteiger partial charge in [-0.15, -0.1) is 11.8 Å². The minimum Gasteiger partial charge on any atom is -0.397 e. The number of nitrogen functional groups attached to an aromatic ring is 1. The van der Waals surface area contributed by atoms with Gasteiger partial charge in [0.2, 0.25) is 0 Å². The lowest BCUT2D eigenvalue weighted by molar-refractivity contribution is 1.27. The number of anilines is 1. The van der Waals surface area contributed by atoms with Gasteiger partial charge in [-0.1, -0.05) is 22.5 Å². The van der Waals surface area contributed by atoms with Gasteiger partial charge in [0.15, 0.2) is 0 Å². The Labute approximate surface area is 84.4 Å². The van der Waals surface area contributed by atoms with Crippen molar-refractivity contribution in [3.8, 4) is 0 Å². The molecule has 1 aromatic rings. The lowest BCUT2D eigenvalue weighted by atomic mass is 10.4. The summed E-state index contributed by atoms with van der Waals surface area (Å²) in [5, 5.41) is 0. The lowest BCUT2D eigenvalue weighted by Crippen LogP contribution is -1.89. The highest BCUT2D eigenvalue weighted by Gasteiger charge is 1.98. The molecular weight excluding hydrogens is 236 g/mol. The molecule has 64 valence electrons. The Kier molecular flexibility index (Phi) is 3.62. The Morgan fingerprint density at radius 3 is 3.08 bits per heavy atom. The molecule has 0 aliphatic rings. The van der Waals surface area contributed by atoms with Crippen LogP contribution in [0.5, 0.6) is 0 Å². The fourth-order valence-corrected chi connectivity index (χ4v) is 1.71. The maximum absolute atomic E-state index is 5.68. The van der Waals surface area contributed by atoms with Crippen molar-refractivity contribution in [2.45, 2.75) is 4.90 Å². The summed E-state index contributed by atoms with van der Waals surface area (Å²) in [7, 11) is 0. The molecule has 2 nitrogen and oxygen atoms in total. The van der Waals surface area contributed by atoms with Crippen LogP contribution in [-0.2, 0) is 0 Å². The molecule has 0 aliphatic carbocycles. The third kappa shape index (κ3) is 2.87. The summed E-state index contributed by atoms with van der Waals surface area (Å²) in [6.07, 6.45) is 3.38. The van der Waals surface area contributed by atoms with E-state index in [4.69, 9.17) is 5.73 Å². The lowest BCUT2D eigenvalue weighted by Gasteiger charge is -2.02. The van der Waals surface area contributed by atoms with E-state index in [9.17, 15) is 0 Å². The number of hydrogen-bond donors (Lipinski definition) is 1. The Bertz CT molecular complexity index is 288. The first-order valence-electron chi connectivity index (χ1n) is 3.35. The van der Waals surface area contributed by atoms with Crippen LogP contribution in [0.1, 0.15) is 0 Å². The van der Waals surface area contributed by atoms with Crippen molar-refractivity contribution in [3.05, 3.63) is 29.5 Å². The third-order valence-electron chi connectivity index (χ3n) is 1.19. The molecule has 0 amide bonds. The van der Waals surface area contributed by atoms with Crippen molar-refractivity contribution in [1.82, 2.24) is 4.98 Å². The summed E-state index contributed by atoms with van der Waals surface area (Å²) in [6, 6.07) is 1.90. The molecule has 0 saturated heterocycles. The first kappa shape index (κ1) is 9.61. The fourth-order valence-electron chi connectivity index (χ4n) is 0.681. The summed E-state index contributed by atoms with van der Waals surface area (Å²) < 4.78 is 0.962. The highest BCUT2D eigenvalue weighted by atomic mass is 79.9. The van der Waals surface area contributed by atoms with Crippen LogP contribution in [0.4, 0.5) is 5.69 Å². The molecule has 0 spiro atoms. The van der Waals surface area contributed by atoms with Crippen LogP contribution in [0.2, 0.25) is 0 Å². The predicted octanol–water partition coefficient (Wildman–Crippen LogP) is 2.66. The Hall–Kier alpha value is -0.480. The second-order valence-corrected chi connectivity index (χ2v) is 4.36. The number of nitrogens with two attached hydrogens (primary N) is 1. The molecule has 0 aromatic carbocycles. The number of halogens is 1. The smallest absolute Gasteiger partial charge is 0.0638 e. The molecule has 0 unspecified atom stereocenters. The predicted molar refractivity (Wildman–Crippen MR) is 57.4 cm³/mol. The molecule has 0 atom stereocenters. The third-order valence-corrected chi connectivity index (χ3v) is 3.02. The standard InChI is InChI=1S/C8H9BrN2S/c1-6(9)5-12-8-2-3-11-4-7(8)10/h2-4H,1,5,10H2. The van der Waals surface area contributed by atoms with Crippen LogP contribution in [0.3, 0.4) is 0 Å². The van der Waals surface area contributed by atoms with Crippen molar-refractivity contribution in [2.75, 3.05) is 11.5 Å². The van der Waals surface area contributed by atoms with Crippen LogP contribution in [-0.4, -0.2) is 10.7 Å². The van der Waals surface area contributed by atoms with Gasteiger partial charge in [0.05, 0.1) is 11.9 Å². The number of hydrogen-bond acceptors (Lipinski definition) is 3. The Morgan fingerprint density at radius 1 is 1.75 bits per heavy atom. The zero-order chi connectivity index (χ0) is 8.97. The summed E-state index contributed by atoms with van der Waals surface area (Å²) in [5.74, 6) is 0.828. The number of thioether (sulfide) groups is 1. The van der Waals surface area contributed by atoms with Crippen LogP contribution in [0, 0.1) is 0 Å². The van der Waals surface area contributed by atoms with Crippen molar-refractivity contribution in [2.24, 2.45) is 0 Å². The van der Waals surface area contributed by atoms with Gasteiger partial charge in [-0.2, -0.15) is 0 Å². The van der Waals surface area contributed by atoms with Gasteiger partial charge in [0, 0.05) is 16.8 Å². The molecule has 1 aromatic heterocycles. The Morgan fingerprint density at radius 2 is 2.50 bits per heavy atom. The second kappa shape index (κ2) is 4.52. The van der Waals surface area contributed by atoms with E-state index in [1.54, 1.807) is 24.2 Å². The average Bonchev–Trinajstić information content (AvgIpc) is 2.03. The SMILES string of the molecule is C=C(Br)CSc1ccncc1N. The topological polar surface area (TPSA) is 38.9 Å². The second-order valence-electron chi connectivity index (χ2n) is 2.22. The molecule has 12 heavy (non-hydrogen) atoms. The normalized spacial score (nSPS) is 9.75. The maximum Gasteiger partial charge on any atom is 0.0638 e. The summed E-state index contributed by atoms with van der Waals surface area (Å²) in [6.45, 7) is 3.74. The summed E-state index contributed by atoms with van der Waals surface area (Å²) in [5.41, 5.74) is 6.40. The monoisotopic (exact) mass is 244 g/mol. The number of aromatic nitrogens is 1. The minimum atomic E-state index is 0.719. The number of pyridine rings is 1. The van der Waals surface area contributed by atoms with Gasteiger partial charge < -0.3 is 5.73 Å². The Balaban J connectivity index is 2.63. The van der Waals surface area contributed by atoms with Crippen molar-refractivity contribution < 1.29 is 0 Å². The quantitative estimate of drug-likeness (QED) is 0.832. The molecule has 0 radical (unpaired) electrons. The van der Waals surface area contributed by atoms with Crippen molar-refractivity contribution in [1.29, 1.82) is 0 Å². The van der Waals surface area contributed by atoms with Crippen molar-refractivity contribution >= 4 is 33.4 Å². The average molecular weight is 245 g/mol. The summed E-state index contributed by atoms with van der Waals surface area (Å²) >= 11 is 4.93. The van der Waals surface area contributed by atoms with Crippen LogP contribution in [0.15, 0.2) is 34.4 Å². The number of rotatable bonds is 3.